The predicted molar refractivity (Wildman–Crippen MR) is 103 cm³/mol. The Bertz CT molecular complexity index is 860. The van der Waals surface area contributed by atoms with Gasteiger partial charge in [0, 0.05) is 9.35 Å². The van der Waals surface area contributed by atoms with Gasteiger partial charge in [0.05, 0.1) is 18.2 Å². The molecule has 1 aromatic heterocycles. The van der Waals surface area contributed by atoms with Gasteiger partial charge in [-0.3, -0.25) is 9.59 Å². The highest BCUT2D eigenvalue weighted by molar-refractivity contribution is 9.10. The van der Waals surface area contributed by atoms with Crippen molar-refractivity contribution in [2.75, 3.05) is 12.4 Å². The largest absolute Gasteiger partial charge is 0.496 e. The molecular weight excluding hydrogens is 404 g/mol. The smallest absolute Gasteiger partial charge is 0.260 e. The molecule has 0 saturated carbocycles. The Kier molecular flexibility index (Phi) is 5.15. The van der Waals surface area contributed by atoms with Crippen molar-refractivity contribution >= 4 is 44.1 Å². The molecule has 5 nitrogen and oxygen atoms in total. The first-order valence-electron chi connectivity index (χ1n) is 8.02. The van der Waals surface area contributed by atoms with Crippen LogP contribution >= 0.6 is 27.3 Å². The van der Waals surface area contributed by atoms with Gasteiger partial charge in [-0.15, -0.1) is 11.3 Å². The van der Waals surface area contributed by atoms with Crippen LogP contribution < -0.4 is 15.8 Å². The summed E-state index contributed by atoms with van der Waals surface area (Å²) in [5, 5.41) is 3.40. The van der Waals surface area contributed by atoms with Gasteiger partial charge in [-0.1, -0.05) is 15.9 Å². The summed E-state index contributed by atoms with van der Waals surface area (Å²) in [6, 6.07) is 3.59. The van der Waals surface area contributed by atoms with Crippen molar-refractivity contribution in [3.8, 4) is 5.75 Å². The third kappa shape index (κ3) is 3.43. The molecule has 0 fully saturated rings. The Labute approximate surface area is 158 Å². The molecule has 2 aromatic rings. The number of rotatable bonds is 4. The summed E-state index contributed by atoms with van der Waals surface area (Å²) in [5.41, 5.74) is 8.30. The van der Waals surface area contributed by atoms with Crippen LogP contribution in [0.3, 0.4) is 0 Å². The van der Waals surface area contributed by atoms with Crippen LogP contribution in [0.5, 0.6) is 5.75 Å². The molecule has 25 heavy (non-hydrogen) atoms. The number of carbonyl (C=O) groups excluding carboxylic acids is 2. The third-order valence-corrected chi connectivity index (χ3v) is 6.00. The number of aryl methyl sites for hydroxylation is 2. The van der Waals surface area contributed by atoms with E-state index in [2.05, 4.69) is 21.2 Å². The number of amides is 2. The predicted octanol–water partition coefficient (Wildman–Crippen LogP) is 4.06. The Hall–Kier alpha value is -1.86. The van der Waals surface area contributed by atoms with Crippen molar-refractivity contribution in [2.45, 2.75) is 32.6 Å². The number of halogens is 1. The lowest BCUT2D eigenvalue weighted by atomic mass is 9.95. The topological polar surface area (TPSA) is 81.4 Å². The fourth-order valence-corrected chi connectivity index (χ4v) is 5.12. The monoisotopic (exact) mass is 422 g/mol. The second-order valence-corrected chi connectivity index (χ2v) is 8.06. The molecule has 0 spiro atoms. The lowest BCUT2D eigenvalue weighted by Crippen LogP contribution is -2.19. The molecule has 1 aromatic carbocycles. The van der Waals surface area contributed by atoms with Gasteiger partial charge in [-0.2, -0.15) is 0 Å². The van der Waals surface area contributed by atoms with E-state index in [4.69, 9.17) is 10.5 Å². The van der Waals surface area contributed by atoms with E-state index in [1.54, 1.807) is 6.07 Å². The van der Waals surface area contributed by atoms with Gasteiger partial charge in [0.15, 0.2) is 0 Å². The average molecular weight is 423 g/mol. The van der Waals surface area contributed by atoms with Crippen LogP contribution in [0.25, 0.3) is 0 Å². The Morgan fingerprint density at radius 1 is 1.28 bits per heavy atom. The summed E-state index contributed by atoms with van der Waals surface area (Å²) in [5.74, 6) is -0.294. The zero-order valence-electron chi connectivity index (χ0n) is 14.1. The van der Waals surface area contributed by atoms with Gasteiger partial charge in [-0.05, 0) is 55.9 Å². The summed E-state index contributed by atoms with van der Waals surface area (Å²) < 4.78 is 6.17. The van der Waals surface area contributed by atoms with E-state index in [0.29, 0.717) is 21.9 Å². The molecule has 2 amide bonds. The fraction of sp³-hybridized carbons (Fsp3) is 0.333. The van der Waals surface area contributed by atoms with Crippen LogP contribution in [-0.4, -0.2) is 18.9 Å². The van der Waals surface area contributed by atoms with Crippen LogP contribution in [0, 0.1) is 6.92 Å². The van der Waals surface area contributed by atoms with Gasteiger partial charge < -0.3 is 15.8 Å². The van der Waals surface area contributed by atoms with Crippen LogP contribution in [-0.2, 0) is 12.8 Å². The van der Waals surface area contributed by atoms with Crippen molar-refractivity contribution in [1.29, 1.82) is 0 Å². The Morgan fingerprint density at radius 3 is 2.68 bits per heavy atom. The number of hydrogen-bond donors (Lipinski definition) is 2. The number of anilines is 1. The second kappa shape index (κ2) is 7.17. The SMILES string of the molecule is COc1c(C)cc(Br)cc1C(=O)Nc1sc2c(c1C(N)=O)CCCC2. The lowest BCUT2D eigenvalue weighted by Gasteiger charge is -2.13. The zero-order valence-corrected chi connectivity index (χ0v) is 16.5. The first-order valence-corrected chi connectivity index (χ1v) is 9.63. The van der Waals surface area contributed by atoms with Crippen molar-refractivity contribution in [1.82, 2.24) is 0 Å². The van der Waals surface area contributed by atoms with Gasteiger partial charge in [-0.25, -0.2) is 0 Å². The number of methoxy groups -OCH3 is 1. The molecule has 7 heteroatoms. The van der Waals surface area contributed by atoms with Crippen LogP contribution in [0.4, 0.5) is 5.00 Å². The molecule has 3 rings (SSSR count). The summed E-state index contributed by atoms with van der Waals surface area (Å²) in [4.78, 5) is 25.9. The van der Waals surface area contributed by atoms with Crippen molar-refractivity contribution < 1.29 is 14.3 Å². The number of primary amides is 1. The normalized spacial score (nSPS) is 13.2. The highest BCUT2D eigenvalue weighted by Gasteiger charge is 2.26. The Balaban J connectivity index is 2.00. The van der Waals surface area contributed by atoms with Crippen LogP contribution in [0.15, 0.2) is 16.6 Å². The standard InChI is InChI=1S/C18H19BrN2O3S/c1-9-7-10(19)8-12(15(9)24-2)17(23)21-18-14(16(20)22)11-5-3-4-6-13(11)25-18/h7-8H,3-6H2,1-2H3,(H2,20,22)(H,21,23). The van der Waals surface area contributed by atoms with Gasteiger partial charge >= 0.3 is 0 Å². The van der Waals surface area contributed by atoms with Gasteiger partial charge in [0.2, 0.25) is 0 Å². The zero-order chi connectivity index (χ0) is 18.1. The summed E-state index contributed by atoms with van der Waals surface area (Å²) in [6.45, 7) is 1.87. The Morgan fingerprint density at radius 2 is 2.00 bits per heavy atom. The van der Waals surface area contributed by atoms with E-state index in [1.165, 1.54) is 18.4 Å². The molecule has 3 N–H and O–H groups in total. The molecule has 0 radical (unpaired) electrons. The molecule has 1 aliphatic carbocycles. The number of carbonyl (C=O) groups is 2. The van der Waals surface area contributed by atoms with Gasteiger partial charge in [0.1, 0.15) is 10.8 Å². The molecule has 1 aliphatic rings. The van der Waals surface area contributed by atoms with E-state index in [9.17, 15) is 9.59 Å². The maximum atomic E-state index is 12.8. The molecule has 0 unspecified atom stereocenters. The number of ether oxygens (including phenoxy) is 1. The maximum Gasteiger partial charge on any atom is 0.260 e. The minimum absolute atomic E-state index is 0.317. The highest BCUT2D eigenvalue weighted by Crippen LogP contribution is 2.38. The summed E-state index contributed by atoms with van der Waals surface area (Å²) in [6.07, 6.45) is 3.89. The van der Waals surface area contributed by atoms with E-state index in [0.717, 1.165) is 46.2 Å². The third-order valence-electron chi connectivity index (χ3n) is 4.33. The lowest BCUT2D eigenvalue weighted by molar-refractivity contribution is 0.100. The summed E-state index contributed by atoms with van der Waals surface area (Å²) >= 11 is 4.86. The van der Waals surface area contributed by atoms with Gasteiger partial charge in [0.25, 0.3) is 11.8 Å². The molecule has 0 bridgehead atoms. The molecule has 0 atom stereocenters. The number of nitrogens with two attached hydrogens (primary N) is 1. The molecule has 0 aliphatic heterocycles. The summed E-state index contributed by atoms with van der Waals surface area (Å²) in [7, 11) is 1.53. The number of fused-ring (bicyclic) bond motifs is 1. The van der Waals surface area contributed by atoms with E-state index < -0.39 is 5.91 Å². The molecule has 132 valence electrons. The number of hydrogen-bond acceptors (Lipinski definition) is 4. The minimum atomic E-state index is -0.493. The minimum Gasteiger partial charge on any atom is -0.496 e. The number of nitrogens with one attached hydrogen (secondary N) is 1. The van der Waals surface area contributed by atoms with E-state index in [-0.39, 0.29) is 5.91 Å². The van der Waals surface area contributed by atoms with E-state index >= 15 is 0 Å². The molecule has 0 saturated heterocycles. The quantitative estimate of drug-likeness (QED) is 0.778. The first kappa shape index (κ1) is 17.9. The average Bonchev–Trinajstić information content (AvgIpc) is 2.92. The van der Waals surface area contributed by atoms with Crippen molar-refractivity contribution in [2.24, 2.45) is 5.73 Å². The first-order chi connectivity index (χ1) is 11.9. The van der Waals surface area contributed by atoms with Crippen LogP contribution in [0.1, 0.15) is 49.6 Å². The molecular formula is C18H19BrN2O3S. The van der Waals surface area contributed by atoms with Crippen LogP contribution in [0.2, 0.25) is 0 Å². The molecule has 1 heterocycles. The van der Waals surface area contributed by atoms with Crippen molar-refractivity contribution in [3.63, 3.8) is 0 Å². The fourth-order valence-electron chi connectivity index (χ4n) is 3.25. The van der Waals surface area contributed by atoms with Crippen molar-refractivity contribution in [3.05, 3.63) is 43.7 Å². The van der Waals surface area contributed by atoms with E-state index in [1.807, 2.05) is 13.0 Å². The highest BCUT2D eigenvalue weighted by atomic mass is 79.9. The second-order valence-electron chi connectivity index (χ2n) is 6.04. The number of benzene rings is 1. The maximum absolute atomic E-state index is 12.8. The number of thiophene rings is 1.